The van der Waals surface area contributed by atoms with Crippen LogP contribution >= 0.6 is 11.8 Å². The van der Waals surface area contributed by atoms with Crippen molar-refractivity contribution in [2.24, 2.45) is 5.41 Å². The first kappa shape index (κ1) is 17.1. The van der Waals surface area contributed by atoms with Crippen LogP contribution in [0, 0.1) is 5.41 Å². The number of urea groups is 1. The Balaban J connectivity index is 2.58. The van der Waals surface area contributed by atoms with E-state index in [0.29, 0.717) is 25.9 Å². The number of rotatable bonds is 6. The minimum atomic E-state index is -0.784. The number of carboxylic acids is 1. The van der Waals surface area contributed by atoms with Crippen LogP contribution in [-0.4, -0.2) is 53.1 Å². The van der Waals surface area contributed by atoms with Crippen molar-refractivity contribution in [3.8, 4) is 0 Å². The molecule has 0 saturated carbocycles. The van der Waals surface area contributed by atoms with Crippen molar-refractivity contribution < 1.29 is 14.7 Å². The lowest BCUT2D eigenvalue weighted by Crippen LogP contribution is -2.53. The minimum absolute atomic E-state index is 0.123. The molecule has 2 amide bonds. The molecule has 0 radical (unpaired) electrons. The van der Waals surface area contributed by atoms with E-state index >= 15 is 0 Å². The normalized spacial score (nSPS) is 24.2. The first-order chi connectivity index (χ1) is 9.45. The van der Waals surface area contributed by atoms with Gasteiger partial charge >= 0.3 is 12.0 Å². The van der Waals surface area contributed by atoms with E-state index in [-0.39, 0.29) is 12.1 Å². The van der Waals surface area contributed by atoms with Crippen molar-refractivity contribution in [3.05, 3.63) is 0 Å². The summed E-state index contributed by atoms with van der Waals surface area (Å²) in [5.41, 5.74) is -0.766. The molecule has 20 heavy (non-hydrogen) atoms. The van der Waals surface area contributed by atoms with Crippen LogP contribution in [-0.2, 0) is 4.79 Å². The van der Waals surface area contributed by atoms with Crippen molar-refractivity contribution >= 4 is 23.8 Å². The van der Waals surface area contributed by atoms with E-state index < -0.39 is 11.4 Å². The largest absolute Gasteiger partial charge is 0.481 e. The van der Waals surface area contributed by atoms with Crippen molar-refractivity contribution in [2.45, 2.75) is 45.6 Å². The molecule has 1 aliphatic heterocycles. The molecule has 2 atom stereocenters. The Morgan fingerprint density at radius 2 is 2.20 bits per heavy atom. The molecule has 6 heteroatoms. The zero-order chi connectivity index (χ0) is 15.2. The second-order valence-corrected chi connectivity index (χ2v) is 6.58. The van der Waals surface area contributed by atoms with E-state index in [1.807, 2.05) is 20.1 Å². The van der Waals surface area contributed by atoms with E-state index in [4.69, 9.17) is 0 Å². The van der Waals surface area contributed by atoms with Crippen LogP contribution in [0.2, 0.25) is 0 Å². The third-order valence-corrected chi connectivity index (χ3v) is 4.76. The van der Waals surface area contributed by atoms with Gasteiger partial charge < -0.3 is 15.3 Å². The van der Waals surface area contributed by atoms with Gasteiger partial charge in [0.2, 0.25) is 0 Å². The summed E-state index contributed by atoms with van der Waals surface area (Å²) >= 11 is 1.76. The van der Waals surface area contributed by atoms with Gasteiger partial charge in [-0.2, -0.15) is 11.8 Å². The Morgan fingerprint density at radius 3 is 2.75 bits per heavy atom. The fraction of sp³-hybridized carbons (Fsp3) is 0.857. The Bertz CT molecular complexity index is 351. The molecule has 1 saturated heterocycles. The zero-order valence-corrected chi connectivity index (χ0v) is 13.5. The van der Waals surface area contributed by atoms with Gasteiger partial charge in [0, 0.05) is 19.1 Å². The van der Waals surface area contributed by atoms with Crippen molar-refractivity contribution in [1.82, 2.24) is 10.2 Å². The monoisotopic (exact) mass is 302 g/mol. The Kier molecular flexibility index (Phi) is 6.65. The molecular formula is C14H26N2O3S. The number of amides is 2. The summed E-state index contributed by atoms with van der Waals surface area (Å²) in [5.74, 6) is 0.225. The molecule has 0 aromatic carbocycles. The van der Waals surface area contributed by atoms with Crippen molar-refractivity contribution in [3.63, 3.8) is 0 Å². The quantitative estimate of drug-likeness (QED) is 0.790. The average molecular weight is 302 g/mol. The van der Waals surface area contributed by atoms with Gasteiger partial charge in [0.05, 0.1) is 5.41 Å². The molecule has 0 aliphatic carbocycles. The molecule has 0 aromatic heterocycles. The Hall–Kier alpha value is -0.910. The van der Waals surface area contributed by atoms with Gasteiger partial charge in [0.1, 0.15) is 0 Å². The smallest absolute Gasteiger partial charge is 0.317 e. The Labute approximate surface area is 125 Å². The maximum Gasteiger partial charge on any atom is 0.317 e. The molecule has 2 N–H and O–H groups in total. The van der Waals surface area contributed by atoms with E-state index in [0.717, 1.165) is 18.6 Å². The molecule has 2 unspecified atom stereocenters. The third-order valence-electron chi connectivity index (χ3n) is 4.12. The lowest BCUT2D eigenvalue weighted by Gasteiger charge is -2.39. The highest BCUT2D eigenvalue weighted by molar-refractivity contribution is 7.98. The summed E-state index contributed by atoms with van der Waals surface area (Å²) in [6.07, 6.45) is 4.95. The fourth-order valence-corrected chi connectivity index (χ4v) is 3.18. The van der Waals surface area contributed by atoms with Crippen LogP contribution in [0.15, 0.2) is 0 Å². The van der Waals surface area contributed by atoms with Gasteiger partial charge in [-0.25, -0.2) is 4.79 Å². The van der Waals surface area contributed by atoms with E-state index in [9.17, 15) is 14.7 Å². The predicted octanol–water partition coefficient (Wildman–Crippen LogP) is 2.41. The van der Waals surface area contributed by atoms with Gasteiger partial charge in [-0.1, -0.05) is 6.92 Å². The molecule has 1 heterocycles. The number of nitrogens with one attached hydrogen (secondary N) is 1. The number of hydrogen-bond acceptors (Lipinski definition) is 3. The van der Waals surface area contributed by atoms with Crippen LogP contribution in [0.1, 0.15) is 39.5 Å². The maximum absolute atomic E-state index is 12.2. The van der Waals surface area contributed by atoms with Gasteiger partial charge in [0.25, 0.3) is 0 Å². The highest BCUT2D eigenvalue weighted by Crippen LogP contribution is 2.33. The lowest BCUT2D eigenvalue weighted by atomic mass is 9.78. The second-order valence-electron chi connectivity index (χ2n) is 5.60. The van der Waals surface area contributed by atoms with Gasteiger partial charge in [-0.3, -0.25) is 4.79 Å². The van der Waals surface area contributed by atoms with E-state index in [1.165, 1.54) is 0 Å². The summed E-state index contributed by atoms with van der Waals surface area (Å²) in [7, 11) is 0. The highest BCUT2D eigenvalue weighted by Gasteiger charge is 2.42. The summed E-state index contributed by atoms with van der Waals surface area (Å²) in [4.78, 5) is 25.4. The number of carbonyl (C=O) groups is 2. The zero-order valence-electron chi connectivity index (χ0n) is 12.6. The number of nitrogens with zero attached hydrogens (tertiary/aromatic N) is 1. The van der Waals surface area contributed by atoms with Crippen LogP contribution in [0.4, 0.5) is 4.79 Å². The van der Waals surface area contributed by atoms with E-state index in [2.05, 4.69) is 5.32 Å². The van der Waals surface area contributed by atoms with Crippen molar-refractivity contribution in [1.29, 1.82) is 0 Å². The second kappa shape index (κ2) is 7.76. The highest BCUT2D eigenvalue weighted by atomic mass is 32.2. The molecule has 5 nitrogen and oxygen atoms in total. The molecular weight excluding hydrogens is 276 g/mol. The number of piperidine rings is 1. The molecule has 1 rings (SSSR count). The number of likely N-dealkylation sites (tertiary alicyclic amines) is 1. The number of aliphatic carboxylic acids is 1. The molecule has 0 bridgehead atoms. The van der Waals surface area contributed by atoms with Gasteiger partial charge in [-0.15, -0.1) is 0 Å². The summed E-state index contributed by atoms with van der Waals surface area (Å²) in [5, 5.41) is 12.4. The Morgan fingerprint density at radius 1 is 1.50 bits per heavy atom. The molecule has 116 valence electrons. The standard InChI is InChI=1S/C14H26N2O3S/c1-4-14(12(17)18)7-5-8-16(10-14)13(19)15-11(2)6-9-20-3/h11H,4-10H2,1-3H3,(H,15,19)(H,17,18). The van der Waals surface area contributed by atoms with Crippen LogP contribution in [0.5, 0.6) is 0 Å². The summed E-state index contributed by atoms with van der Waals surface area (Å²) in [6, 6.07) is -0.00453. The SMILES string of the molecule is CCC1(C(=O)O)CCCN(C(=O)NC(C)CCSC)C1. The van der Waals surface area contributed by atoms with Crippen LogP contribution < -0.4 is 5.32 Å². The predicted molar refractivity (Wildman–Crippen MR) is 82.2 cm³/mol. The lowest BCUT2D eigenvalue weighted by molar-refractivity contribution is -0.152. The first-order valence-electron chi connectivity index (χ1n) is 7.23. The number of hydrogen-bond donors (Lipinski definition) is 2. The summed E-state index contributed by atoms with van der Waals surface area (Å²) < 4.78 is 0. The minimum Gasteiger partial charge on any atom is -0.481 e. The first-order valence-corrected chi connectivity index (χ1v) is 8.62. The average Bonchev–Trinajstić information content (AvgIpc) is 2.44. The summed E-state index contributed by atoms with van der Waals surface area (Å²) in [6.45, 7) is 4.84. The van der Waals surface area contributed by atoms with Crippen molar-refractivity contribution in [2.75, 3.05) is 25.1 Å². The molecule has 1 aliphatic rings. The molecule has 1 fully saturated rings. The number of carboxylic acid groups (broad SMARTS) is 1. The third kappa shape index (κ3) is 4.30. The topological polar surface area (TPSA) is 69.6 Å². The van der Waals surface area contributed by atoms with Gasteiger partial charge in [-0.05, 0) is 44.6 Å². The van der Waals surface area contributed by atoms with Crippen LogP contribution in [0.3, 0.4) is 0 Å². The maximum atomic E-state index is 12.2. The fourth-order valence-electron chi connectivity index (χ4n) is 2.59. The molecule has 0 aromatic rings. The van der Waals surface area contributed by atoms with Crippen LogP contribution in [0.25, 0.3) is 0 Å². The number of thioether (sulfide) groups is 1. The number of carbonyl (C=O) groups excluding carboxylic acids is 1. The molecule has 0 spiro atoms. The van der Waals surface area contributed by atoms with Gasteiger partial charge in [0.15, 0.2) is 0 Å². The van der Waals surface area contributed by atoms with E-state index in [1.54, 1.807) is 16.7 Å².